The number of furan rings is 1. The highest BCUT2D eigenvalue weighted by Crippen LogP contribution is 2.15. The van der Waals surface area contributed by atoms with Crippen LogP contribution in [0, 0.1) is 0 Å². The number of aromatic nitrogens is 2. The summed E-state index contributed by atoms with van der Waals surface area (Å²) < 4.78 is 15.5. The van der Waals surface area contributed by atoms with Crippen LogP contribution in [0.15, 0.2) is 51.6 Å². The first-order valence-electron chi connectivity index (χ1n) is 7.05. The maximum Gasteiger partial charge on any atom is 0.241 e. The topological polar surface area (TPSA) is 73.3 Å². The molecule has 0 fully saturated rings. The highest BCUT2D eigenvalue weighted by atomic mass is 16.5. The Morgan fingerprint density at radius 1 is 1.18 bits per heavy atom. The average Bonchev–Trinajstić information content (AvgIpc) is 3.23. The van der Waals surface area contributed by atoms with Crippen molar-refractivity contribution in [1.82, 2.24) is 15.5 Å². The van der Waals surface area contributed by atoms with Gasteiger partial charge in [0, 0.05) is 0 Å². The van der Waals surface area contributed by atoms with E-state index in [0.717, 1.165) is 18.7 Å². The van der Waals surface area contributed by atoms with Gasteiger partial charge in [0.15, 0.2) is 5.76 Å². The van der Waals surface area contributed by atoms with Gasteiger partial charge < -0.3 is 19.0 Å². The van der Waals surface area contributed by atoms with Gasteiger partial charge in [0.2, 0.25) is 11.7 Å². The Morgan fingerprint density at radius 2 is 2.05 bits per heavy atom. The van der Waals surface area contributed by atoms with Crippen LogP contribution < -0.4 is 10.1 Å². The van der Waals surface area contributed by atoms with Crippen LogP contribution >= 0.6 is 0 Å². The van der Waals surface area contributed by atoms with Crippen molar-refractivity contribution >= 4 is 0 Å². The fourth-order valence-electron chi connectivity index (χ4n) is 2.05. The summed E-state index contributed by atoms with van der Waals surface area (Å²) >= 11 is 0. The second-order valence-corrected chi connectivity index (χ2v) is 4.76. The molecular weight excluding hydrogens is 282 g/mol. The molecule has 1 aromatic carbocycles. The first-order valence-corrected chi connectivity index (χ1v) is 7.05. The molecule has 1 N–H and O–H groups in total. The fourth-order valence-corrected chi connectivity index (χ4v) is 2.05. The summed E-state index contributed by atoms with van der Waals surface area (Å²) in [6.07, 6.45) is 2.50. The molecular formula is C16H17N3O3. The molecule has 0 aliphatic carbocycles. The predicted octanol–water partition coefficient (Wildman–Crippen LogP) is 2.67. The summed E-state index contributed by atoms with van der Waals surface area (Å²) in [5.41, 5.74) is 1.25. The van der Waals surface area contributed by atoms with Crippen LogP contribution in [0.1, 0.15) is 11.5 Å². The molecule has 0 saturated heterocycles. The summed E-state index contributed by atoms with van der Waals surface area (Å²) in [6, 6.07) is 11.6. The molecule has 0 radical (unpaired) electrons. The fraction of sp³-hybridized carbons (Fsp3) is 0.250. The Balaban J connectivity index is 1.45. The lowest BCUT2D eigenvalue weighted by molar-refractivity contribution is 0.367. The summed E-state index contributed by atoms with van der Waals surface area (Å²) in [5, 5.41) is 7.16. The average molecular weight is 299 g/mol. The summed E-state index contributed by atoms with van der Waals surface area (Å²) in [7, 11) is 1.66. The van der Waals surface area contributed by atoms with Crippen LogP contribution in [-0.2, 0) is 13.0 Å². The molecule has 0 bridgehead atoms. The summed E-state index contributed by atoms with van der Waals surface area (Å²) in [5.74, 6) is 2.49. The van der Waals surface area contributed by atoms with Crippen LogP contribution in [0.3, 0.4) is 0 Å². The minimum absolute atomic E-state index is 0.469. The van der Waals surface area contributed by atoms with Crippen molar-refractivity contribution in [2.45, 2.75) is 13.0 Å². The molecule has 3 rings (SSSR count). The van der Waals surface area contributed by atoms with Gasteiger partial charge in [0.25, 0.3) is 0 Å². The molecule has 0 saturated carbocycles. The Bertz CT molecular complexity index is 690. The zero-order valence-corrected chi connectivity index (χ0v) is 12.3. The number of methoxy groups -OCH3 is 1. The van der Waals surface area contributed by atoms with Crippen molar-refractivity contribution < 1.29 is 13.7 Å². The van der Waals surface area contributed by atoms with E-state index < -0.39 is 0 Å². The predicted molar refractivity (Wildman–Crippen MR) is 80.4 cm³/mol. The molecule has 2 aromatic heterocycles. The SMILES string of the molecule is COc1ccc(CCNCc2nc(-c3ccco3)no2)cc1. The van der Waals surface area contributed by atoms with E-state index >= 15 is 0 Å². The first-order chi connectivity index (χ1) is 10.8. The quantitative estimate of drug-likeness (QED) is 0.676. The Kier molecular flexibility index (Phi) is 4.50. The van der Waals surface area contributed by atoms with Gasteiger partial charge in [-0.2, -0.15) is 4.98 Å². The van der Waals surface area contributed by atoms with E-state index in [4.69, 9.17) is 13.7 Å². The van der Waals surface area contributed by atoms with Crippen LogP contribution in [0.4, 0.5) is 0 Å². The van der Waals surface area contributed by atoms with E-state index in [1.54, 1.807) is 25.5 Å². The van der Waals surface area contributed by atoms with E-state index in [1.165, 1.54) is 5.56 Å². The summed E-state index contributed by atoms with van der Waals surface area (Å²) in [4.78, 5) is 4.27. The molecule has 6 nitrogen and oxygen atoms in total. The minimum atomic E-state index is 0.469. The lowest BCUT2D eigenvalue weighted by Gasteiger charge is -2.04. The number of hydrogen-bond acceptors (Lipinski definition) is 6. The van der Waals surface area contributed by atoms with Crippen molar-refractivity contribution in [3.8, 4) is 17.3 Å². The second kappa shape index (κ2) is 6.91. The maximum absolute atomic E-state index is 5.22. The highest BCUT2D eigenvalue weighted by Gasteiger charge is 2.10. The van der Waals surface area contributed by atoms with Crippen LogP contribution in [0.2, 0.25) is 0 Å². The third kappa shape index (κ3) is 3.53. The van der Waals surface area contributed by atoms with Crippen LogP contribution in [0.25, 0.3) is 11.6 Å². The molecule has 0 aliphatic rings. The van der Waals surface area contributed by atoms with Crippen molar-refractivity contribution in [3.63, 3.8) is 0 Å². The molecule has 6 heteroatoms. The molecule has 0 atom stereocenters. The molecule has 2 heterocycles. The Hall–Kier alpha value is -2.60. The molecule has 0 unspecified atom stereocenters. The third-order valence-electron chi connectivity index (χ3n) is 3.24. The molecule has 3 aromatic rings. The number of rotatable bonds is 7. The van der Waals surface area contributed by atoms with E-state index in [2.05, 4.69) is 27.6 Å². The van der Waals surface area contributed by atoms with Gasteiger partial charge in [-0.25, -0.2) is 0 Å². The number of nitrogens with zero attached hydrogens (tertiary/aromatic N) is 2. The zero-order valence-electron chi connectivity index (χ0n) is 12.3. The molecule has 0 amide bonds. The lowest BCUT2D eigenvalue weighted by atomic mass is 10.1. The molecule has 0 spiro atoms. The number of hydrogen-bond donors (Lipinski definition) is 1. The van der Waals surface area contributed by atoms with Crippen molar-refractivity contribution in [1.29, 1.82) is 0 Å². The van der Waals surface area contributed by atoms with E-state index in [9.17, 15) is 0 Å². The number of nitrogens with one attached hydrogen (secondary N) is 1. The van der Waals surface area contributed by atoms with Gasteiger partial charge in [-0.05, 0) is 42.8 Å². The normalized spacial score (nSPS) is 10.8. The first kappa shape index (κ1) is 14.3. The van der Waals surface area contributed by atoms with Gasteiger partial charge in [0.1, 0.15) is 5.75 Å². The Labute approximate surface area is 128 Å². The monoisotopic (exact) mass is 299 g/mol. The van der Waals surface area contributed by atoms with Crippen LogP contribution in [0.5, 0.6) is 5.75 Å². The maximum atomic E-state index is 5.22. The lowest BCUT2D eigenvalue weighted by Crippen LogP contribution is -2.16. The molecule has 0 aliphatic heterocycles. The van der Waals surface area contributed by atoms with Gasteiger partial charge >= 0.3 is 0 Å². The largest absolute Gasteiger partial charge is 0.497 e. The van der Waals surface area contributed by atoms with E-state index in [-0.39, 0.29) is 0 Å². The molecule has 114 valence electrons. The van der Waals surface area contributed by atoms with E-state index in [0.29, 0.717) is 24.0 Å². The minimum Gasteiger partial charge on any atom is -0.497 e. The second-order valence-electron chi connectivity index (χ2n) is 4.76. The van der Waals surface area contributed by atoms with E-state index in [1.807, 2.05) is 12.1 Å². The number of ether oxygens (including phenoxy) is 1. The van der Waals surface area contributed by atoms with Gasteiger partial charge in [-0.1, -0.05) is 17.3 Å². The van der Waals surface area contributed by atoms with Gasteiger partial charge in [0.05, 0.1) is 19.9 Å². The number of benzene rings is 1. The zero-order chi connectivity index (χ0) is 15.2. The highest BCUT2D eigenvalue weighted by molar-refractivity contribution is 5.44. The standard InChI is InChI=1S/C16H17N3O3/c1-20-13-6-4-12(5-7-13)8-9-17-11-15-18-16(19-22-15)14-3-2-10-21-14/h2-7,10,17H,8-9,11H2,1H3. The smallest absolute Gasteiger partial charge is 0.241 e. The van der Waals surface area contributed by atoms with Gasteiger partial charge in [-0.15, -0.1) is 0 Å². The third-order valence-corrected chi connectivity index (χ3v) is 3.24. The molecule has 22 heavy (non-hydrogen) atoms. The Morgan fingerprint density at radius 3 is 2.77 bits per heavy atom. The van der Waals surface area contributed by atoms with Crippen LogP contribution in [-0.4, -0.2) is 23.8 Å². The summed E-state index contributed by atoms with van der Waals surface area (Å²) in [6.45, 7) is 1.36. The van der Waals surface area contributed by atoms with Crippen molar-refractivity contribution in [2.24, 2.45) is 0 Å². The van der Waals surface area contributed by atoms with Crippen molar-refractivity contribution in [2.75, 3.05) is 13.7 Å². The van der Waals surface area contributed by atoms with Gasteiger partial charge in [-0.3, -0.25) is 0 Å². The van der Waals surface area contributed by atoms with Crippen molar-refractivity contribution in [3.05, 3.63) is 54.1 Å².